The molecule has 0 fully saturated rings. The molecule has 0 aliphatic rings. The SMILES string of the molecule is Cc1ccc2c(c1)c1cc3c4ccccc4n(-c4ccccc4)c3cc1n2-c1ccc(-c2cccc3c2sc2ccccc23)cc1. The molecule has 7 aromatic carbocycles. The van der Waals surface area contributed by atoms with E-state index in [0.29, 0.717) is 0 Å². The van der Waals surface area contributed by atoms with E-state index in [-0.39, 0.29) is 0 Å². The minimum Gasteiger partial charge on any atom is -0.309 e. The van der Waals surface area contributed by atoms with E-state index in [4.69, 9.17) is 0 Å². The van der Waals surface area contributed by atoms with E-state index < -0.39 is 0 Å². The summed E-state index contributed by atoms with van der Waals surface area (Å²) in [5.74, 6) is 0. The molecule has 0 saturated heterocycles. The molecule has 0 spiro atoms. The maximum absolute atomic E-state index is 2.44. The average Bonchev–Trinajstić information content (AvgIpc) is 3.75. The first-order valence-corrected chi connectivity index (χ1v) is 16.6. The highest BCUT2D eigenvalue weighted by Crippen LogP contribution is 2.42. The van der Waals surface area contributed by atoms with E-state index in [1.165, 1.54) is 86.2 Å². The Labute approximate surface area is 270 Å². The molecule has 0 unspecified atom stereocenters. The zero-order valence-electron chi connectivity index (χ0n) is 25.2. The number of rotatable bonds is 3. The highest BCUT2D eigenvalue weighted by Gasteiger charge is 2.19. The minimum atomic E-state index is 1.16. The Morgan fingerprint density at radius 3 is 1.87 bits per heavy atom. The molecule has 0 aliphatic heterocycles. The largest absolute Gasteiger partial charge is 0.309 e. The highest BCUT2D eigenvalue weighted by atomic mass is 32.1. The molecule has 0 radical (unpaired) electrons. The van der Waals surface area contributed by atoms with Crippen molar-refractivity contribution in [1.82, 2.24) is 9.13 Å². The summed E-state index contributed by atoms with van der Waals surface area (Å²) in [5.41, 5.74) is 11.0. The van der Waals surface area contributed by atoms with Crippen LogP contribution in [0.15, 0.2) is 152 Å². The number of aryl methyl sites for hydroxylation is 1. The van der Waals surface area contributed by atoms with Gasteiger partial charge in [0, 0.05) is 53.1 Å². The molecule has 10 rings (SSSR count). The Hall–Kier alpha value is -5.64. The molecule has 2 nitrogen and oxygen atoms in total. The normalized spacial score (nSPS) is 12.0. The summed E-state index contributed by atoms with van der Waals surface area (Å²) in [5, 5.41) is 7.78. The molecule has 0 saturated carbocycles. The molecule has 0 amide bonds. The Balaban J connectivity index is 1.23. The molecule has 216 valence electrons. The Morgan fingerprint density at radius 1 is 0.413 bits per heavy atom. The lowest BCUT2D eigenvalue weighted by Gasteiger charge is -2.11. The predicted molar refractivity (Wildman–Crippen MR) is 198 cm³/mol. The zero-order chi connectivity index (χ0) is 30.4. The lowest BCUT2D eigenvalue weighted by Crippen LogP contribution is -1.96. The number of fused-ring (bicyclic) bond motifs is 9. The van der Waals surface area contributed by atoms with Gasteiger partial charge in [0.15, 0.2) is 0 Å². The summed E-state index contributed by atoms with van der Waals surface area (Å²) >= 11 is 1.88. The summed E-state index contributed by atoms with van der Waals surface area (Å²) in [6, 6.07) is 55.8. The molecule has 10 aromatic rings. The second-order valence-electron chi connectivity index (χ2n) is 12.3. The fourth-order valence-electron chi connectivity index (χ4n) is 7.49. The Kier molecular flexibility index (Phi) is 5.40. The lowest BCUT2D eigenvalue weighted by molar-refractivity contribution is 1.16. The summed E-state index contributed by atoms with van der Waals surface area (Å²) < 4.78 is 7.54. The van der Waals surface area contributed by atoms with Crippen molar-refractivity contribution in [3.63, 3.8) is 0 Å². The van der Waals surface area contributed by atoms with Gasteiger partial charge in [-0.1, -0.05) is 96.6 Å². The van der Waals surface area contributed by atoms with Crippen LogP contribution < -0.4 is 0 Å². The van der Waals surface area contributed by atoms with Crippen molar-refractivity contribution in [2.45, 2.75) is 6.92 Å². The van der Waals surface area contributed by atoms with Crippen LogP contribution in [0, 0.1) is 6.92 Å². The number of nitrogens with zero attached hydrogens (tertiary/aromatic N) is 2. The van der Waals surface area contributed by atoms with Crippen molar-refractivity contribution in [2.24, 2.45) is 0 Å². The van der Waals surface area contributed by atoms with Crippen molar-refractivity contribution in [2.75, 3.05) is 0 Å². The molecule has 0 atom stereocenters. The summed E-state index contributed by atoms with van der Waals surface area (Å²) in [6.45, 7) is 2.19. The van der Waals surface area contributed by atoms with E-state index in [9.17, 15) is 0 Å². The number of benzene rings is 7. The van der Waals surface area contributed by atoms with Gasteiger partial charge in [0.2, 0.25) is 0 Å². The Morgan fingerprint density at radius 2 is 1.04 bits per heavy atom. The van der Waals surface area contributed by atoms with Crippen LogP contribution in [0.1, 0.15) is 5.56 Å². The van der Waals surface area contributed by atoms with Crippen LogP contribution in [-0.4, -0.2) is 9.13 Å². The first-order valence-electron chi connectivity index (χ1n) is 15.8. The van der Waals surface area contributed by atoms with Gasteiger partial charge in [0.05, 0.1) is 22.1 Å². The molecule has 0 aliphatic carbocycles. The van der Waals surface area contributed by atoms with Gasteiger partial charge < -0.3 is 9.13 Å². The molecule has 3 heterocycles. The third-order valence-corrected chi connectivity index (χ3v) is 10.8. The van der Waals surface area contributed by atoms with Gasteiger partial charge in [-0.3, -0.25) is 0 Å². The standard InChI is InChI=1S/C43H28N2S/c1-27-18-23-39-35(24-27)37-25-36-32-12-5-7-16-38(32)44(29-10-3-2-4-11-29)40(36)26-41(37)45(39)30-21-19-28(20-22-30)31-14-9-15-34-33-13-6-8-17-42(33)46-43(31)34/h2-26H,1H3. The molecule has 3 aromatic heterocycles. The lowest BCUT2D eigenvalue weighted by atomic mass is 10.0. The first kappa shape index (κ1) is 25.7. The van der Waals surface area contributed by atoms with Gasteiger partial charge in [-0.05, 0) is 78.7 Å². The smallest absolute Gasteiger partial charge is 0.0562 e. The summed E-state index contributed by atoms with van der Waals surface area (Å²) in [7, 11) is 0. The van der Waals surface area contributed by atoms with Gasteiger partial charge in [0.1, 0.15) is 0 Å². The van der Waals surface area contributed by atoms with E-state index in [1.807, 2.05) is 11.3 Å². The van der Waals surface area contributed by atoms with Crippen LogP contribution in [0.5, 0.6) is 0 Å². The molecular weight excluding hydrogens is 577 g/mol. The van der Waals surface area contributed by atoms with Crippen LogP contribution in [0.25, 0.3) is 86.3 Å². The summed E-state index contributed by atoms with van der Waals surface area (Å²) in [4.78, 5) is 0. The number of para-hydroxylation sites is 2. The molecule has 0 bridgehead atoms. The van der Waals surface area contributed by atoms with Crippen molar-refractivity contribution < 1.29 is 0 Å². The fourth-order valence-corrected chi connectivity index (χ4v) is 8.73. The second-order valence-corrected chi connectivity index (χ2v) is 13.3. The van der Waals surface area contributed by atoms with Crippen LogP contribution in [0.2, 0.25) is 0 Å². The van der Waals surface area contributed by atoms with E-state index in [2.05, 4.69) is 168 Å². The van der Waals surface area contributed by atoms with Crippen LogP contribution in [0.3, 0.4) is 0 Å². The van der Waals surface area contributed by atoms with Crippen molar-refractivity contribution in [3.05, 3.63) is 157 Å². The predicted octanol–water partition coefficient (Wildman–Crippen LogP) is 12.2. The fraction of sp³-hybridized carbons (Fsp3) is 0.0233. The molecule has 46 heavy (non-hydrogen) atoms. The van der Waals surface area contributed by atoms with Crippen molar-refractivity contribution in [3.8, 4) is 22.5 Å². The second kappa shape index (κ2) is 9.68. The van der Waals surface area contributed by atoms with E-state index in [1.54, 1.807) is 0 Å². The number of hydrogen-bond acceptors (Lipinski definition) is 1. The van der Waals surface area contributed by atoms with Crippen molar-refractivity contribution >= 4 is 75.1 Å². The van der Waals surface area contributed by atoms with Crippen LogP contribution in [0.4, 0.5) is 0 Å². The monoisotopic (exact) mass is 604 g/mol. The van der Waals surface area contributed by atoms with Gasteiger partial charge >= 0.3 is 0 Å². The van der Waals surface area contributed by atoms with E-state index in [0.717, 1.165) is 5.69 Å². The number of aromatic nitrogens is 2. The Bertz CT molecular complexity index is 2790. The quantitative estimate of drug-likeness (QED) is 0.190. The first-order chi connectivity index (χ1) is 22.7. The average molecular weight is 605 g/mol. The zero-order valence-corrected chi connectivity index (χ0v) is 26.1. The third-order valence-electron chi connectivity index (χ3n) is 9.57. The molecule has 3 heteroatoms. The van der Waals surface area contributed by atoms with Gasteiger partial charge in [-0.15, -0.1) is 11.3 Å². The number of thiophene rings is 1. The van der Waals surface area contributed by atoms with E-state index >= 15 is 0 Å². The van der Waals surface area contributed by atoms with Crippen LogP contribution in [-0.2, 0) is 0 Å². The van der Waals surface area contributed by atoms with Gasteiger partial charge in [-0.25, -0.2) is 0 Å². The maximum Gasteiger partial charge on any atom is 0.0562 e. The molecular formula is C43H28N2S. The number of hydrogen-bond donors (Lipinski definition) is 0. The maximum atomic E-state index is 2.44. The minimum absolute atomic E-state index is 1.16. The van der Waals surface area contributed by atoms with Gasteiger partial charge in [-0.2, -0.15) is 0 Å². The third kappa shape index (κ3) is 3.64. The molecule has 0 N–H and O–H groups in total. The van der Waals surface area contributed by atoms with Gasteiger partial charge in [0.25, 0.3) is 0 Å². The topological polar surface area (TPSA) is 9.86 Å². The highest BCUT2D eigenvalue weighted by molar-refractivity contribution is 7.26. The van der Waals surface area contributed by atoms with Crippen molar-refractivity contribution in [1.29, 1.82) is 0 Å². The van der Waals surface area contributed by atoms with Crippen LogP contribution >= 0.6 is 11.3 Å². The summed E-state index contributed by atoms with van der Waals surface area (Å²) in [6.07, 6.45) is 0.